The Morgan fingerprint density at radius 2 is 2.21 bits per heavy atom. The summed E-state index contributed by atoms with van der Waals surface area (Å²) in [7, 11) is 1.70. The second kappa shape index (κ2) is 6.16. The van der Waals surface area contributed by atoms with Crippen LogP contribution < -0.4 is 4.90 Å². The Bertz CT molecular complexity index is 462. The van der Waals surface area contributed by atoms with Crippen LogP contribution in [0.15, 0.2) is 12.1 Å². The predicted octanol–water partition coefficient (Wildman–Crippen LogP) is 2.51. The molecule has 0 radical (unpaired) electrons. The summed E-state index contributed by atoms with van der Waals surface area (Å²) in [6.07, 6.45) is 1.99. The van der Waals surface area contributed by atoms with Gasteiger partial charge in [-0.15, -0.1) is 0 Å². The Morgan fingerprint density at radius 1 is 1.53 bits per heavy atom. The van der Waals surface area contributed by atoms with Crippen molar-refractivity contribution in [3.8, 4) is 0 Å². The Kier molecular flexibility index (Phi) is 4.55. The lowest BCUT2D eigenvalue weighted by atomic mass is 9.98. The molecule has 6 nitrogen and oxygen atoms in total. The fourth-order valence-corrected chi connectivity index (χ4v) is 2.50. The van der Waals surface area contributed by atoms with Crippen LogP contribution in [0.5, 0.6) is 0 Å². The molecule has 7 heteroatoms. The molecule has 2 heterocycles. The number of methoxy groups -OCH3 is 1. The normalized spacial score (nSPS) is 16.6. The van der Waals surface area contributed by atoms with E-state index >= 15 is 0 Å². The van der Waals surface area contributed by atoms with Gasteiger partial charge in [0.2, 0.25) is 0 Å². The number of nitrogens with zero attached hydrogens (tertiary/aromatic N) is 3. The average molecular weight is 286 g/mol. The van der Waals surface area contributed by atoms with Crippen LogP contribution in [0.3, 0.4) is 0 Å². The van der Waals surface area contributed by atoms with Crippen LogP contribution in [0.4, 0.5) is 11.5 Å². The van der Waals surface area contributed by atoms with E-state index in [1.165, 1.54) is 12.1 Å². The van der Waals surface area contributed by atoms with Crippen LogP contribution in [0.1, 0.15) is 12.8 Å². The maximum Gasteiger partial charge on any atom is 0.276 e. The number of hydrogen-bond donors (Lipinski definition) is 0. The summed E-state index contributed by atoms with van der Waals surface area (Å²) in [4.78, 5) is 16.6. The molecule has 0 N–H and O–H groups in total. The number of halogens is 1. The van der Waals surface area contributed by atoms with E-state index in [0.29, 0.717) is 11.7 Å². The third kappa shape index (κ3) is 3.54. The molecule has 19 heavy (non-hydrogen) atoms. The van der Waals surface area contributed by atoms with Gasteiger partial charge in [0.05, 0.1) is 17.1 Å². The highest BCUT2D eigenvalue weighted by Crippen LogP contribution is 2.27. The van der Waals surface area contributed by atoms with Gasteiger partial charge in [-0.2, -0.15) is 0 Å². The van der Waals surface area contributed by atoms with Gasteiger partial charge in [0.15, 0.2) is 0 Å². The smallest absolute Gasteiger partial charge is 0.276 e. The summed E-state index contributed by atoms with van der Waals surface area (Å²) >= 11 is 5.83. The Balaban J connectivity index is 2.09. The maximum absolute atomic E-state index is 10.8. The topological polar surface area (TPSA) is 68.5 Å². The van der Waals surface area contributed by atoms with E-state index in [1.54, 1.807) is 7.11 Å². The van der Waals surface area contributed by atoms with E-state index in [9.17, 15) is 10.1 Å². The summed E-state index contributed by atoms with van der Waals surface area (Å²) < 4.78 is 5.15. The van der Waals surface area contributed by atoms with Gasteiger partial charge in [0.25, 0.3) is 5.69 Å². The highest BCUT2D eigenvalue weighted by atomic mass is 35.5. The summed E-state index contributed by atoms with van der Waals surface area (Å²) in [6, 6.07) is 2.74. The first-order valence-corrected chi connectivity index (χ1v) is 6.54. The van der Waals surface area contributed by atoms with Crippen molar-refractivity contribution in [2.75, 3.05) is 31.7 Å². The van der Waals surface area contributed by atoms with Crippen molar-refractivity contribution in [1.82, 2.24) is 4.98 Å². The SMILES string of the molecule is COCC1CCN(c2cc([N+](=O)[O-])cc(Cl)n2)CC1. The summed E-state index contributed by atoms with van der Waals surface area (Å²) in [5.41, 5.74) is -0.0194. The number of aromatic nitrogens is 1. The maximum atomic E-state index is 10.8. The molecule has 1 aliphatic heterocycles. The molecule has 0 bridgehead atoms. The van der Waals surface area contributed by atoms with Crippen molar-refractivity contribution in [3.05, 3.63) is 27.4 Å². The van der Waals surface area contributed by atoms with Crippen molar-refractivity contribution in [1.29, 1.82) is 0 Å². The number of ether oxygens (including phenoxy) is 1. The molecule has 1 aromatic heterocycles. The van der Waals surface area contributed by atoms with Crippen LogP contribution in [0.25, 0.3) is 0 Å². The Hall–Kier alpha value is -1.40. The number of anilines is 1. The van der Waals surface area contributed by atoms with Crippen molar-refractivity contribution in [3.63, 3.8) is 0 Å². The molecule has 1 aromatic rings. The summed E-state index contributed by atoms with van der Waals surface area (Å²) in [5.74, 6) is 1.13. The molecule has 0 atom stereocenters. The van der Waals surface area contributed by atoms with Gasteiger partial charge in [0.1, 0.15) is 11.0 Å². The second-order valence-electron chi connectivity index (χ2n) is 4.65. The highest BCUT2D eigenvalue weighted by Gasteiger charge is 2.22. The molecule has 104 valence electrons. The number of piperidine rings is 1. The molecule has 1 saturated heterocycles. The molecule has 2 rings (SSSR count). The molecule has 0 amide bonds. The molecule has 0 unspecified atom stereocenters. The van der Waals surface area contributed by atoms with Gasteiger partial charge in [-0.25, -0.2) is 4.98 Å². The van der Waals surface area contributed by atoms with E-state index in [1.807, 2.05) is 4.90 Å². The molecular formula is C12H16ClN3O3. The number of pyridine rings is 1. The van der Waals surface area contributed by atoms with Crippen LogP contribution >= 0.6 is 11.6 Å². The Labute approximate surface area is 116 Å². The van der Waals surface area contributed by atoms with Crippen molar-refractivity contribution >= 4 is 23.1 Å². The van der Waals surface area contributed by atoms with Crippen LogP contribution in [-0.2, 0) is 4.74 Å². The quantitative estimate of drug-likeness (QED) is 0.483. The third-order valence-corrected chi connectivity index (χ3v) is 3.51. The van der Waals surface area contributed by atoms with E-state index in [4.69, 9.17) is 16.3 Å². The lowest BCUT2D eigenvalue weighted by molar-refractivity contribution is -0.384. The van der Waals surface area contributed by atoms with Gasteiger partial charge < -0.3 is 9.64 Å². The third-order valence-electron chi connectivity index (χ3n) is 3.32. The van der Waals surface area contributed by atoms with E-state index in [-0.39, 0.29) is 10.8 Å². The molecule has 0 saturated carbocycles. The largest absolute Gasteiger partial charge is 0.384 e. The van der Waals surface area contributed by atoms with Gasteiger partial charge in [-0.1, -0.05) is 11.6 Å². The first kappa shape index (κ1) is 14.0. The predicted molar refractivity (Wildman–Crippen MR) is 72.7 cm³/mol. The molecule has 0 spiro atoms. The summed E-state index contributed by atoms with van der Waals surface area (Å²) in [6.45, 7) is 2.40. The van der Waals surface area contributed by atoms with Gasteiger partial charge >= 0.3 is 0 Å². The fraction of sp³-hybridized carbons (Fsp3) is 0.583. The fourth-order valence-electron chi connectivity index (χ4n) is 2.30. The second-order valence-corrected chi connectivity index (χ2v) is 5.04. The van der Waals surface area contributed by atoms with Gasteiger partial charge in [-0.05, 0) is 18.8 Å². The minimum atomic E-state index is -0.450. The van der Waals surface area contributed by atoms with E-state index in [0.717, 1.165) is 32.5 Å². The minimum absolute atomic E-state index is 0.0194. The molecule has 0 aliphatic carbocycles. The van der Waals surface area contributed by atoms with Gasteiger partial charge in [-0.3, -0.25) is 10.1 Å². The molecule has 1 fully saturated rings. The zero-order valence-electron chi connectivity index (χ0n) is 10.7. The molecular weight excluding hydrogens is 270 g/mol. The molecule has 1 aliphatic rings. The first-order valence-electron chi connectivity index (χ1n) is 6.16. The van der Waals surface area contributed by atoms with E-state index < -0.39 is 4.92 Å². The molecule has 0 aromatic carbocycles. The summed E-state index contributed by atoms with van der Waals surface area (Å²) in [5, 5.41) is 11.0. The van der Waals surface area contributed by atoms with Crippen LogP contribution in [0, 0.1) is 16.0 Å². The van der Waals surface area contributed by atoms with Crippen molar-refractivity contribution in [2.45, 2.75) is 12.8 Å². The van der Waals surface area contributed by atoms with E-state index in [2.05, 4.69) is 4.98 Å². The average Bonchev–Trinajstić information content (AvgIpc) is 2.39. The zero-order chi connectivity index (χ0) is 13.8. The first-order chi connectivity index (χ1) is 9.10. The number of nitro groups is 1. The highest BCUT2D eigenvalue weighted by molar-refractivity contribution is 6.29. The van der Waals surface area contributed by atoms with Crippen molar-refractivity contribution < 1.29 is 9.66 Å². The Morgan fingerprint density at radius 3 is 2.79 bits per heavy atom. The van der Waals surface area contributed by atoms with Crippen molar-refractivity contribution in [2.24, 2.45) is 5.92 Å². The van der Waals surface area contributed by atoms with Gasteiger partial charge in [0, 0.05) is 26.8 Å². The lowest BCUT2D eigenvalue weighted by Gasteiger charge is -2.32. The van der Waals surface area contributed by atoms with Crippen LogP contribution in [-0.4, -0.2) is 36.7 Å². The minimum Gasteiger partial charge on any atom is -0.384 e. The zero-order valence-corrected chi connectivity index (χ0v) is 11.5. The lowest BCUT2D eigenvalue weighted by Crippen LogP contribution is -2.35. The monoisotopic (exact) mass is 285 g/mol. The number of rotatable bonds is 4. The van der Waals surface area contributed by atoms with Crippen LogP contribution in [0.2, 0.25) is 5.15 Å². The number of hydrogen-bond acceptors (Lipinski definition) is 5. The standard InChI is InChI=1S/C12H16ClN3O3/c1-19-8-9-2-4-15(5-3-9)12-7-10(16(17)18)6-11(13)14-12/h6-7,9H,2-5,8H2,1H3.